The first kappa shape index (κ1) is 13.8. The first-order chi connectivity index (χ1) is 9.16. The van der Waals surface area contributed by atoms with Gasteiger partial charge in [0, 0.05) is 6.54 Å². The molecule has 0 heterocycles. The molecule has 2 nitrogen and oxygen atoms in total. The highest BCUT2D eigenvalue weighted by atomic mass is 35.5. The summed E-state index contributed by atoms with van der Waals surface area (Å²) in [5, 5.41) is 3.98. The molecule has 100 valence electrons. The normalized spacial score (nSPS) is 10.3. The number of nitrogens with one attached hydrogen (secondary N) is 1. The van der Waals surface area contributed by atoms with E-state index in [9.17, 15) is 0 Å². The van der Waals surface area contributed by atoms with Crippen molar-refractivity contribution in [3.63, 3.8) is 0 Å². The third-order valence-electron chi connectivity index (χ3n) is 3.04. The Hall–Kier alpha value is -1.67. The Morgan fingerprint density at radius 1 is 1.05 bits per heavy atom. The smallest absolute Gasteiger partial charge is 0.119 e. The lowest BCUT2D eigenvalue weighted by molar-refractivity contribution is 0.332. The molecule has 0 unspecified atom stereocenters. The van der Waals surface area contributed by atoms with Crippen molar-refractivity contribution < 1.29 is 4.74 Å². The highest BCUT2D eigenvalue weighted by Gasteiger charge is 1.99. The van der Waals surface area contributed by atoms with Crippen LogP contribution in [0.3, 0.4) is 0 Å². The van der Waals surface area contributed by atoms with E-state index < -0.39 is 0 Å². The van der Waals surface area contributed by atoms with Crippen LogP contribution in [0.25, 0.3) is 0 Å². The largest absolute Gasteiger partial charge is 0.492 e. The van der Waals surface area contributed by atoms with E-state index in [4.69, 9.17) is 16.3 Å². The monoisotopic (exact) mass is 275 g/mol. The van der Waals surface area contributed by atoms with Gasteiger partial charge in [-0.25, -0.2) is 0 Å². The second kappa shape index (κ2) is 6.48. The Balaban J connectivity index is 1.81. The number of anilines is 1. The molecule has 0 aliphatic rings. The molecule has 2 aromatic rings. The molecule has 0 bridgehead atoms. The van der Waals surface area contributed by atoms with E-state index in [2.05, 4.69) is 31.3 Å². The quantitative estimate of drug-likeness (QED) is 0.814. The molecule has 0 atom stereocenters. The van der Waals surface area contributed by atoms with E-state index in [1.165, 1.54) is 11.1 Å². The van der Waals surface area contributed by atoms with Crippen LogP contribution in [-0.2, 0) is 0 Å². The van der Waals surface area contributed by atoms with Crippen molar-refractivity contribution in [2.75, 3.05) is 18.5 Å². The van der Waals surface area contributed by atoms with Crippen molar-refractivity contribution in [3.05, 3.63) is 58.6 Å². The molecule has 1 N–H and O–H groups in total. The van der Waals surface area contributed by atoms with Crippen LogP contribution in [0.2, 0.25) is 5.02 Å². The van der Waals surface area contributed by atoms with Crippen molar-refractivity contribution in [2.45, 2.75) is 13.8 Å². The molecule has 3 heteroatoms. The molecule has 0 aliphatic heterocycles. The summed E-state index contributed by atoms with van der Waals surface area (Å²) in [5.74, 6) is 0.907. The van der Waals surface area contributed by atoms with Crippen molar-refractivity contribution in [3.8, 4) is 5.75 Å². The third kappa shape index (κ3) is 3.90. The fourth-order valence-corrected chi connectivity index (χ4v) is 1.97. The number of halogens is 1. The highest BCUT2D eigenvalue weighted by Crippen LogP contribution is 2.20. The maximum Gasteiger partial charge on any atom is 0.119 e. The summed E-state index contributed by atoms with van der Waals surface area (Å²) in [6, 6.07) is 13.8. The second-order valence-corrected chi connectivity index (χ2v) is 4.91. The summed E-state index contributed by atoms with van der Waals surface area (Å²) in [5.41, 5.74) is 3.46. The summed E-state index contributed by atoms with van der Waals surface area (Å²) >= 11 is 6.06. The molecule has 0 saturated heterocycles. The minimum atomic E-state index is 0.605. The molecule has 0 fully saturated rings. The molecule has 2 rings (SSSR count). The van der Waals surface area contributed by atoms with Gasteiger partial charge in [-0.3, -0.25) is 0 Å². The number of hydrogen-bond acceptors (Lipinski definition) is 2. The van der Waals surface area contributed by atoms with Gasteiger partial charge in [0.2, 0.25) is 0 Å². The van der Waals surface area contributed by atoms with E-state index in [1.54, 1.807) is 0 Å². The predicted octanol–water partition coefficient (Wildman–Crippen LogP) is 4.45. The van der Waals surface area contributed by atoms with Crippen LogP contribution in [0.1, 0.15) is 11.1 Å². The lowest BCUT2D eigenvalue weighted by Crippen LogP contribution is -2.11. The van der Waals surface area contributed by atoms with E-state index >= 15 is 0 Å². The third-order valence-corrected chi connectivity index (χ3v) is 3.37. The molecule has 0 amide bonds. The number of hydrogen-bond donors (Lipinski definition) is 1. The Labute approximate surface area is 119 Å². The molecular formula is C16H18ClNO. The fraction of sp³-hybridized carbons (Fsp3) is 0.250. The molecule has 19 heavy (non-hydrogen) atoms. The zero-order chi connectivity index (χ0) is 13.7. The van der Waals surface area contributed by atoms with Crippen LogP contribution in [0.4, 0.5) is 5.69 Å². The fourth-order valence-electron chi connectivity index (χ4n) is 1.76. The van der Waals surface area contributed by atoms with Gasteiger partial charge < -0.3 is 10.1 Å². The maximum absolute atomic E-state index is 6.06. The van der Waals surface area contributed by atoms with Crippen LogP contribution in [-0.4, -0.2) is 13.2 Å². The van der Waals surface area contributed by atoms with Gasteiger partial charge in [-0.15, -0.1) is 0 Å². The van der Waals surface area contributed by atoms with E-state index in [0.717, 1.165) is 23.0 Å². The summed E-state index contributed by atoms with van der Waals surface area (Å²) in [6.45, 7) is 5.51. The second-order valence-electron chi connectivity index (χ2n) is 4.50. The summed E-state index contributed by atoms with van der Waals surface area (Å²) < 4.78 is 5.70. The molecule has 2 aromatic carbocycles. The van der Waals surface area contributed by atoms with Gasteiger partial charge in [0.15, 0.2) is 0 Å². The molecule has 0 aliphatic carbocycles. The van der Waals surface area contributed by atoms with Crippen LogP contribution >= 0.6 is 11.6 Å². The van der Waals surface area contributed by atoms with Crippen LogP contribution in [0.5, 0.6) is 5.75 Å². The predicted molar refractivity (Wildman–Crippen MR) is 81.4 cm³/mol. The zero-order valence-electron chi connectivity index (χ0n) is 11.2. The molecule has 0 radical (unpaired) electrons. The SMILES string of the molecule is Cc1ccc(OCCNc2ccccc2Cl)cc1C. The summed E-state index contributed by atoms with van der Waals surface area (Å²) in [4.78, 5) is 0. The van der Waals surface area contributed by atoms with Gasteiger partial charge in [0.25, 0.3) is 0 Å². The number of benzene rings is 2. The van der Waals surface area contributed by atoms with Crippen LogP contribution in [0.15, 0.2) is 42.5 Å². The average molecular weight is 276 g/mol. The Morgan fingerprint density at radius 3 is 2.58 bits per heavy atom. The Bertz CT molecular complexity index is 554. The van der Waals surface area contributed by atoms with Gasteiger partial charge in [-0.2, -0.15) is 0 Å². The number of para-hydroxylation sites is 1. The summed E-state index contributed by atoms with van der Waals surface area (Å²) in [6.07, 6.45) is 0. The van der Waals surface area contributed by atoms with Crippen molar-refractivity contribution in [1.29, 1.82) is 0 Å². The first-order valence-electron chi connectivity index (χ1n) is 6.35. The van der Waals surface area contributed by atoms with E-state index in [-0.39, 0.29) is 0 Å². The Kier molecular flexibility index (Phi) is 4.69. The van der Waals surface area contributed by atoms with Gasteiger partial charge >= 0.3 is 0 Å². The van der Waals surface area contributed by atoms with Gasteiger partial charge in [0.05, 0.1) is 10.7 Å². The molecule has 0 spiro atoms. The highest BCUT2D eigenvalue weighted by molar-refractivity contribution is 6.33. The summed E-state index contributed by atoms with van der Waals surface area (Å²) in [7, 11) is 0. The molecular weight excluding hydrogens is 258 g/mol. The van der Waals surface area contributed by atoms with E-state index in [0.29, 0.717) is 6.61 Å². The van der Waals surface area contributed by atoms with Crippen LogP contribution < -0.4 is 10.1 Å². The molecule has 0 saturated carbocycles. The topological polar surface area (TPSA) is 21.3 Å². The first-order valence-corrected chi connectivity index (χ1v) is 6.73. The Morgan fingerprint density at radius 2 is 1.84 bits per heavy atom. The number of aryl methyl sites for hydroxylation is 2. The van der Waals surface area contributed by atoms with Crippen molar-refractivity contribution >= 4 is 17.3 Å². The van der Waals surface area contributed by atoms with Crippen molar-refractivity contribution in [1.82, 2.24) is 0 Å². The minimum absolute atomic E-state index is 0.605. The number of ether oxygens (including phenoxy) is 1. The minimum Gasteiger partial charge on any atom is -0.492 e. The number of rotatable bonds is 5. The van der Waals surface area contributed by atoms with E-state index in [1.807, 2.05) is 30.3 Å². The standard InChI is InChI=1S/C16H18ClNO/c1-12-7-8-14(11-13(12)2)19-10-9-18-16-6-4-3-5-15(16)17/h3-8,11,18H,9-10H2,1-2H3. The maximum atomic E-state index is 6.06. The average Bonchev–Trinajstić information content (AvgIpc) is 2.40. The van der Waals surface area contributed by atoms with Gasteiger partial charge in [0.1, 0.15) is 12.4 Å². The lowest BCUT2D eigenvalue weighted by atomic mass is 10.1. The van der Waals surface area contributed by atoms with Gasteiger partial charge in [-0.05, 0) is 49.2 Å². The van der Waals surface area contributed by atoms with Gasteiger partial charge in [-0.1, -0.05) is 29.8 Å². The zero-order valence-corrected chi connectivity index (χ0v) is 12.0. The van der Waals surface area contributed by atoms with Crippen molar-refractivity contribution in [2.24, 2.45) is 0 Å². The lowest BCUT2D eigenvalue weighted by Gasteiger charge is -2.10. The van der Waals surface area contributed by atoms with Crippen LogP contribution in [0, 0.1) is 13.8 Å². The molecule has 0 aromatic heterocycles.